The van der Waals surface area contributed by atoms with Crippen molar-refractivity contribution in [1.29, 1.82) is 0 Å². The van der Waals surface area contributed by atoms with Gasteiger partial charge in [0.05, 0.1) is 0 Å². The molecule has 2 rings (SSSR count). The molecular weight excluding hydrogens is 375 g/mol. The Morgan fingerprint density at radius 2 is 1.90 bits per heavy atom. The minimum absolute atomic E-state index is 0. The molecule has 1 aromatic rings. The van der Waals surface area contributed by atoms with E-state index in [1.807, 2.05) is 13.0 Å². The van der Waals surface area contributed by atoms with Gasteiger partial charge in [0, 0.05) is 42.3 Å². The molecule has 6 heteroatoms. The van der Waals surface area contributed by atoms with Crippen LogP contribution in [-0.4, -0.2) is 36.2 Å². The van der Waals surface area contributed by atoms with Gasteiger partial charge in [-0.3, -0.25) is 4.90 Å². The van der Waals surface area contributed by atoms with E-state index in [2.05, 4.69) is 39.1 Å². The number of nitrogens with zero attached hydrogens (tertiary/aromatic N) is 1. The van der Waals surface area contributed by atoms with Gasteiger partial charge in [0.1, 0.15) is 5.75 Å². The quantitative estimate of drug-likeness (QED) is 0.801. The number of nitrogens with one attached hydrogen (secondary N) is 1. The van der Waals surface area contributed by atoms with Gasteiger partial charge in [0.25, 0.3) is 0 Å². The van der Waals surface area contributed by atoms with Crippen LogP contribution in [0.2, 0.25) is 0 Å². The Balaban J connectivity index is 0.00000200. The van der Waals surface area contributed by atoms with E-state index in [0.29, 0.717) is 11.8 Å². The third kappa shape index (κ3) is 5.00. The highest BCUT2D eigenvalue weighted by atomic mass is 79.9. The van der Waals surface area contributed by atoms with Crippen LogP contribution in [0.25, 0.3) is 0 Å². The zero-order valence-electron chi connectivity index (χ0n) is 12.6. The van der Waals surface area contributed by atoms with Crippen molar-refractivity contribution in [2.75, 3.05) is 26.2 Å². The fourth-order valence-corrected chi connectivity index (χ4v) is 3.37. The van der Waals surface area contributed by atoms with Crippen molar-refractivity contribution < 1.29 is 5.11 Å². The Labute approximate surface area is 148 Å². The van der Waals surface area contributed by atoms with Gasteiger partial charge < -0.3 is 10.4 Å². The number of halogens is 3. The van der Waals surface area contributed by atoms with E-state index in [0.717, 1.165) is 54.6 Å². The second-order valence-electron chi connectivity index (χ2n) is 5.22. The zero-order chi connectivity index (χ0) is 13.8. The minimum atomic E-state index is 0. The standard InChI is InChI=1S/C15H23BrN2O.2ClH/c1-3-4-13(18-9-7-17-8-10-18)14-12(16)6-5-11(2)15(14)19;;/h5-6,13,17,19H,3-4,7-10H2,1-2H3;2*1H/t13-;;/m0../s1. The minimum Gasteiger partial charge on any atom is -0.507 e. The van der Waals surface area contributed by atoms with Crippen LogP contribution < -0.4 is 5.32 Å². The van der Waals surface area contributed by atoms with Crippen LogP contribution in [-0.2, 0) is 0 Å². The summed E-state index contributed by atoms with van der Waals surface area (Å²) in [6.07, 6.45) is 2.20. The molecule has 1 heterocycles. The highest BCUT2D eigenvalue weighted by Crippen LogP contribution is 2.39. The SMILES string of the molecule is CCC[C@@H](c1c(Br)ccc(C)c1O)N1CCNCC1.Cl.Cl. The molecule has 0 unspecified atom stereocenters. The topological polar surface area (TPSA) is 35.5 Å². The first-order valence-corrected chi connectivity index (χ1v) is 7.87. The first kappa shape index (κ1) is 21.0. The molecule has 0 amide bonds. The molecule has 1 aliphatic rings. The van der Waals surface area contributed by atoms with Crippen LogP contribution in [0.5, 0.6) is 5.75 Å². The third-order valence-corrected chi connectivity index (χ3v) is 4.54. The Morgan fingerprint density at radius 3 is 2.48 bits per heavy atom. The number of piperazine rings is 1. The van der Waals surface area contributed by atoms with Crippen molar-refractivity contribution in [2.45, 2.75) is 32.7 Å². The fourth-order valence-electron chi connectivity index (χ4n) is 2.79. The highest BCUT2D eigenvalue weighted by Gasteiger charge is 2.26. The molecule has 0 radical (unpaired) electrons. The van der Waals surface area contributed by atoms with Gasteiger partial charge in [0.15, 0.2) is 0 Å². The molecule has 0 spiro atoms. The summed E-state index contributed by atoms with van der Waals surface area (Å²) in [5.74, 6) is 0.450. The summed E-state index contributed by atoms with van der Waals surface area (Å²) >= 11 is 3.62. The number of benzene rings is 1. The van der Waals surface area contributed by atoms with E-state index >= 15 is 0 Å². The van der Waals surface area contributed by atoms with Crippen molar-refractivity contribution in [3.63, 3.8) is 0 Å². The number of aromatic hydroxyl groups is 1. The summed E-state index contributed by atoms with van der Waals surface area (Å²) in [6, 6.07) is 4.32. The first-order chi connectivity index (χ1) is 9.15. The average Bonchev–Trinajstić information content (AvgIpc) is 2.43. The fraction of sp³-hybridized carbons (Fsp3) is 0.600. The number of phenolic OH excluding ortho intramolecular Hbond substituents is 1. The monoisotopic (exact) mass is 398 g/mol. The van der Waals surface area contributed by atoms with E-state index in [4.69, 9.17) is 0 Å². The summed E-state index contributed by atoms with van der Waals surface area (Å²) in [6.45, 7) is 8.33. The predicted molar refractivity (Wildman–Crippen MR) is 97.1 cm³/mol. The van der Waals surface area contributed by atoms with Crippen molar-refractivity contribution >= 4 is 40.7 Å². The lowest BCUT2D eigenvalue weighted by atomic mass is 9.97. The molecule has 21 heavy (non-hydrogen) atoms. The Morgan fingerprint density at radius 1 is 1.29 bits per heavy atom. The summed E-state index contributed by atoms with van der Waals surface area (Å²) in [4.78, 5) is 2.49. The molecule has 1 saturated heterocycles. The van der Waals surface area contributed by atoms with E-state index in [-0.39, 0.29) is 24.8 Å². The number of rotatable bonds is 4. The second-order valence-corrected chi connectivity index (χ2v) is 6.07. The van der Waals surface area contributed by atoms with Crippen LogP contribution in [0.1, 0.15) is 36.9 Å². The molecule has 122 valence electrons. The van der Waals surface area contributed by atoms with Gasteiger partial charge in [-0.1, -0.05) is 35.3 Å². The molecule has 0 aromatic heterocycles. The Kier molecular flexibility index (Phi) is 9.90. The van der Waals surface area contributed by atoms with Crippen molar-refractivity contribution in [1.82, 2.24) is 10.2 Å². The van der Waals surface area contributed by atoms with E-state index < -0.39 is 0 Å². The summed E-state index contributed by atoms with van der Waals surface area (Å²) in [7, 11) is 0. The molecule has 1 fully saturated rings. The number of hydrogen-bond donors (Lipinski definition) is 2. The molecular formula is C15H25BrCl2N2O. The van der Waals surface area contributed by atoms with Gasteiger partial charge in [0.2, 0.25) is 0 Å². The zero-order valence-corrected chi connectivity index (χ0v) is 15.8. The van der Waals surface area contributed by atoms with Gasteiger partial charge in [-0.05, 0) is 25.0 Å². The van der Waals surface area contributed by atoms with Gasteiger partial charge in [-0.15, -0.1) is 24.8 Å². The largest absolute Gasteiger partial charge is 0.507 e. The first-order valence-electron chi connectivity index (χ1n) is 7.08. The average molecular weight is 400 g/mol. The molecule has 1 aliphatic heterocycles. The van der Waals surface area contributed by atoms with Crippen molar-refractivity contribution in [3.05, 3.63) is 27.7 Å². The lowest BCUT2D eigenvalue weighted by molar-refractivity contribution is 0.161. The molecule has 0 saturated carbocycles. The summed E-state index contributed by atoms with van der Waals surface area (Å²) in [5.41, 5.74) is 2.01. The van der Waals surface area contributed by atoms with Crippen LogP contribution in [0, 0.1) is 6.92 Å². The molecule has 1 aromatic carbocycles. The highest BCUT2D eigenvalue weighted by molar-refractivity contribution is 9.10. The maximum Gasteiger partial charge on any atom is 0.124 e. The maximum atomic E-state index is 10.4. The molecule has 0 aliphatic carbocycles. The predicted octanol–water partition coefficient (Wildman–Crippen LogP) is 4.05. The number of phenols is 1. The Bertz CT molecular complexity index is 440. The van der Waals surface area contributed by atoms with E-state index in [9.17, 15) is 5.11 Å². The normalized spacial score (nSPS) is 16.7. The lowest BCUT2D eigenvalue weighted by Crippen LogP contribution is -2.45. The summed E-state index contributed by atoms with van der Waals surface area (Å²) in [5, 5.41) is 13.8. The summed E-state index contributed by atoms with van der Waals surface area (Å²) < 4.78 is 1.02. The van der Waals surface area contributed by atoms with Crippen LogP contribution in [0.3, 0.4) is 0 Å². The van der Waals surface area contributed by atoms with E-state index in [1.54, 1.807) is 0 Å². The Hall–Kier alpha value is -0.000000000000000111. The van der Waals surface area contributed by atoms with Crippen LogP contribution in [0.4, 0.5) is 0 Å². The molecule has 3 nitrogen and oxygen atoms in total. The third-order valence-electron chi connectivity index (χ3n) is 3.85. The number of hydrogen-bond acceptors (Lipinski definition) is 3. The second kappa shape index (κ2) is 9.90. The van der Waals surface area contributed by atoms with Crippen LogP contribution >= 0.6 is 40.7 Å². The molecule has 2 N–H and O–H groups in total. The number of aryl methyl sites for hydroxylation is 1. The molecule has 0 bridgehead atoms. The lowest BCUT2D eigenvalue weighted by Gasteiger charge is -2.36. The van der Waals surface area contributed by atoms with Crippen molar-refractivity contribution in [3.8, 4) is 5.75 Å². The van der Waals surface area contributed by atoms with E-state index in [1.165, 1.54) is 0 Å². The van der Waals surface area contributed by atoms with Gasteiger partial charge >= 0.3 is 0 Å². The smallest absolute Gasteiger partial charge is 0.124 e. The van der Waals surface area contributed by atoms with Gasteiger partial charge in [-0.25, -0.2) is 0 Å². The van der Waals surface area contributed by atoms with Crippen molar-refractivity contribution in [2.24, 2.45) is 0 Å². The maximum absolute atomic E-state index is 10.4. The van der Waals surface area contributed by atoms with Gasteiger partial charge in [-0.2, -0.15) is 0 Å². The van der Waals surface area contributed by atoms with Crippen LogP contribution in [0.15, 0.2) is 16.6 Å². The molecule has 1 atom stereocenters.